The summed E-state index contributed by atoms with van der Waals surface area (Å²) in [5.41, 5.74) is 0. The molecule has 1 N–H and O–H groups in total. The van der Waals surface area contributed by atoms with Crippen molar-refractivity contribution in [1.29, 1.82) is 0 Å². The van der Waals surface area contributed by atoms with Gasteiger partial charge in [-0.05, 0) is 13.3 Å². The summed E-state index contributed by atoms with van der Waals surface area (Å²) in [7, 11) is 0. The fourth-order valence-corrected chi connectivity index (χ4v) is 2.59. The zero-order chi connectivity index (χ0) is 16.5. The average molecular weight is 337 g/mol. The summed E-state index contributed by atoms with van der Waals surface area (Å²) < 4.78 is 4.92. The second-order valence-electron chi connectivity index (χ2n) is 6.44. The van der Waals surface area contributed by atoms with Gasteiger partial charge in [0.15, 0.2) is 0 Å². The summed E-state index contributed by atoms with van der Waals surface area (Å²) in [6.07, 6.45) is 17.5. The van der Waals surface area contributed by atoms with Crippen molar-refractivity contribution < 1.29 is 14.6 Å². The summed E-state index contributed by atoms with van der Waals surface area (Å²) in [5, 5.41) is 8.96. The first kappa shape index (κ1) is 25.7. The van der Waals surface area contributed by atoms with Crippen LogP contribution in [-0.4, -0.2) is 53.3 Å². The summed E-state index contributed by atoms with van der Waals surface area (Å²) in [5.74, 6) is -0.505. The van der Waals surface area contributed by atoms with E-state index in [4.69, 9.17) is 9.84 Å². The molecule has 0 aromatic rings. The van der Waals surface area contributed by atoms with Crippen LogP contribution in [-0.2, 0) is 9.53 Å². The van der Waals surface area contributed by atoms with Gasteiger partial charge in [0.2, 0.25) is 0 Å². The number of aliphatic hydroxyl groups is 1. The van der Waals surface area contributed by atoms with Gasteiger partial charge >= 0.3 is 5.97 Å². The van der Waals surface area contributed by atoms with E-state index in [-0.39, 0.29) is 29.6 Å². The smallest absolute Gasteiger partial charge is 0.334 e. The molecular weight excluding hydrogens is 299 g/mol. The second-order valence-corrected chi connectivity index (χ2v) is 6.44. The number of ether oxygens (including phenoxy) is 1. The number of esters is 1. The van der Waals surface area contributed by atoms with Gasteiger partial charge < -0.3 is 9.84 Å². The Balaban J connectivity index is 0. The largest absolute Gasteiger partial charge is 0.464 e. The van der Waals surface area contributed by atoms with Crippen molar-refractivity contribution in [3.05, 3.63) is 0 Å². The van der Waals surface area contributed by atoms with Crippen LogP contribution < -0.4 is 0 Å². The van der Waals surface area contributed by atoms with Gasteiger partial charge in [0.05, 0.1) is 6.61 Å². The first-order valence-electron chi connectivity index (χ1n) is 9.53. The van der Waals surface area contributed by atoms with Crippen LogP contribution in [0.25, 0.3) is 0 Å². The molecule has 0 fully saturated rings. The van der Waals surface area contributed by atoms with E-state index in [0.29, 0.717) is 6.61 Å². The van der Waals surface area contributed by atoms with Gasteiger partial charge in [0.1, 0.15) is 6.10 Å². The van der Waals surface area contributed by atoms with Crippen LogP contribution in [0.4, 0.5) is 0 Å². The van der Waals surface area contributed by atoms with E-state index in [1.165, 1.54) is 84.0 Å². The van der Waals surface area contributed by atoms with Crippen LogP contribution in [0.1, 0.15) is 104 Å². The number of carbonyl (C=O) groups excluding carboxylic acids is 1. The molecule has 0 aliphatic carbocycles. The molecule has 0 amide bonds. The van der Waals surface area contributed by atoms with Crippen LogP contribution >= 0.6 is 0 Å². The number of aliphatic hydroxyl groups excluding tert-OH is 1. The van der Waals surface area contributed by atoms with Crippen LogP contribution in [0.5, 0.6) is 0 Å². The normalized spacial score (nSPS) is 11.8. The molecule has 0 rings (SSSR count). The number of rotatable bonds is 16. The van der Waals surface area contributed by atoms with Crippen molar-refractivity contribution in [3.8, 4) is 0 Å². The van der Waals surface area contributed by atoms with E-state index in [1.54, 1.807) is 0 Å². The summed E-state index contributed by atoms with van der Waals surface area (Å²) in [6, 6.07) is 0. The molecule has 0 aromatic carbocycles. The third-order valence-corrected chi connectivity index (χ3v) is 4.08. The molecule has 133 valence electrons. The van der Waals surface area contributed by atoms with Crippen molar-refractivity contribution in [1.82, 2.24) is 0 Å². The number of hydrogen-bond acceptors (Lipinski definition) is 3. The first-order valence-corrected chi connectivity index (χ1v) is 9.53. The topological polar surface area (TPSA) is 46.5 Å². The molecule has 3 nitrogen and oxygen atoms in total. The average Bonchev–Trinajstić information content (AvgIpc) is 2.50. The van der Waals surface area contributed by atoms with E-state index >= 15 is 0 Å². The minimum absolute atomic E-state index is 0. The maximum Gasteiger partial charge on any atom is 0.334 e. The maximum atomic E-state index is 11.0. The summed E-state index contributed by atoms with van der Waals surface area (Å²) in [6.45, 7) is 4.15. The Hall–Kier alpha value is 0.430. The fourth-order valence-electron chi connectivity index (χ4n) is 2.59. The second kappa shape index (κ2) is 20.5. The SMILES string of the molecule is CCCCCCCCCCCCCCCCOC(=O)C(C)O.[Na]. The van der Waals surface area contributed by atoms with Crippen molar-refractivity contribution in [2.75, 3.05) is 6.61 Å². The van der Waals surface area contributed by atoms with Crippen LogP contribution in [0.2, 0.25) is 0 Å². The summed E-state index contributed by atoms with van der Waals surface area (Å²) >= 11 is 0. The van der Waals surface area contributed by atoms with Crippen molar-refractivity contribution >= 4 is 35.5 Å². The van der Waals surface area contributed by atoms with Crippen LogP contribution in [0.15, 0.2) is 0 Å². The Morgan fingerprint density at radius 3 is 1.48 bits per heavy atom. The Bertz CT molecular complexity index is 245. The zero-order valence-electron chi connectivity index (χ0n) is 15.9. The Morgan fingerprint density at radius 1 is 0.783 bits per heavy atom. The number of unbranched alkanes of at least 4 members (excludes halogenated alkanes) is 13. The quantitative estimate of drug-likeness (QED) is 0.245. The molecular formula is C19H38NaO3. The molecule has 0 saturated heterocycles. The molecule has 1 radical (unpaired) electrons. The van der Waals surface area contributed by atoms with Crippen LogP contribution in [0.3, 0.4) is 0 Å². The molecule has 0 aromatic heterocycles. The molecule has 1 atom stereocenters. The van der Waals surface area contributed by atoms with Crippen molar-refractivity contribution in [2.45, 2.75) is 110 Å². The van der Waals surface area contributed by atoms with Gasteiger partial charge in [-0.15, -0.1) is 0 Å². The maximum absolute atomic E-state index is 11.0. The van der Waals surface area contributed by atoms with E-state index in [2.05, 4.69) is 6.92 Å². The standard InChI is InChI=1S/C19H38O3.Na/c1-3-4-5-6-7-8-9-10-11-12-13-14-15-16-17-22-19(21)18(2)20;/h18,20H,3-17H2,1-2H3;. The number of hydrogen-bond donors (Lipinski definition) is 1. The minimum atomic E-state index is -0.994. The van der Waals surface area contributed by atoms with E-state index in [1.807, 2.05) is 0 Å². The van der Waals surface area contributed by atoms with Gasteiger partial charge in [0, 0.05) is 29.6 Å². The molecule has 23 heavy (non-hydrogen) atoms. The molecule has 0 bridgehead atoms. The third-order valence-electron chi connectivity index (χ3n) is 4.08. The monoisotopic (exact) mass is 337 g/mol. The Kier molecular flexibility index (Phi) is 22.8. The number of carbonyl (C=O) groups is 1. The fraction of sp³-hybridized carbons (Fsp3) is 0.947. The van der Waals surface area contributed by atoms with Gasteiger partial charge in [0.25, 0.3) is 0 Å². The predicted octanol–water partition coefficient (Wildman–Crippen LogP) is 5.01. The molecule has 0 heterocycles. The molecule has 0 saturated carbocycles. The van der Waals surface area contributed by atoms with Gasteiger partial charge in [-0.25, -0.2) is 4.79 Å². The van der Waals surface area contributed by atoms with Crippen molar-refractivity contribution in [3.63, 3.8) is 0 Å². The predicted molar refractivity (Wildman–Crippen MR) is 98.7 cm³/mol. The molecule has 1 unspecified atom stereocenters. The molecule has 4 heteroatoms. The van der Waals surface area contributed by atoms with E-state index in [0.717, 1.165) is 12.8 Å². The zero-order valence-corrected chi connectivity index (χ0v) is 17.9. The Labute approximate surface area is 166 Å². The molecule has 0 spiro atoms. The molecule has 0 aliphatic rings. The van der Waals surface area contributed by atoms with Crippen LogP contribution in [0, 0.1) is 0 Å². The molecule has 0 aliphatic heterocycles. The van der Waals surface area contributed by atoms with Crippen molar-refractivity contribution in [2.24, 2.45) is 0 Å². The van der Waals surface area contributed by atoms with E-state index < -0.39 is 12.1 Å². The Morgan fingerprint density at radius 2 is 1.13 bits per heavy atom. The minimum Gasteiger partial charge on any atom is -0.464 e. The first-order chi connectivity index (χ1) is 10.7. The van der Waals surface area contributed by atoms with Gasteiger partial charge in [-0.2, -0.15) is 0 Å². The van der Waals surface area contributed by atoms with Gasteiger partial charge in [-0.1, -0.05) is 90.4 Å². The van der Waals surface area contributed by atoms with E-state index in [9.17, 15) is 4.79 Å². The summed E-state index contributed by atoms with van der Waals surface area (Å²) in [4.78, 5) is 11.0. The third kappa shape index (κ3) is 20.4. The van der Waals surface area contributed by atoms with Gasteiger partial charge in [-0.3, -0.25) is 0 Å².